The van der Waals surface area contributed by atoms with Gasteiger partial charge >= 0.3 is 6.09 Å². The fourth-order valence-electron chi connectivity index (χ4n) is 4.04. The molecule has 0 aliphatic rings. The van der Waals surface area contributed by atoms with Gasteiger partial charge in [0.2, 0.25) is 0 Å². The predicted octanol–water partition coefficient (Wildman–Crippen LogP) is 5.65. The number of carbonyl (C=O) groups excluding carboxylic acids is 3. The first-order valence-electron chi connectivity index (χ1n) is 12.5. The lowest BCUT2D eigenvalue weighted by atomic mass is 9.98. The highest BCUT2D eigenvalue weighted by molar-refractivity contribution is 6.00. The number of terminal acetylenes is 1. The molecule has 37 heavy (non-hydrogen) atoms. The second-order valence-corrected chi connectivity index (χ2v) is 10.7. The Morgan fingerprint density at radius 1 is 1.03 bits per heavy atom. The van der Waals surface area contributed by atoms with Crippen LogP contribution in [0, 0.1) is 39.2 Å². The van der Waals surface area contributed by atoms with E-state index >= 15 is 0 Å². The number of hydrogen-bond donors (Lipinski definition) is 2. The van der Waals surface area contributed by atoms with Gasteiger partial charge in [-0.25, -0.2) is 4.79 Å². The van der Waals surface area contributed by atoms with E-state index in [2.05, 4.69) is 16.7 Å². The van der Waals surface area contributed by atoms with Crippen LogP contribution in [0.4, 0.5) is 10.5 Å². The van der Waals surface area contributed by atoms with Gasteiger partial charge in [-0.1, -0.05) is 68.3 Å². The fourth-order valence-corrected chi connectivity index (χ4v) is 4.04. The molecule has 2 N–H and O–H groups in total. The fraction of sp³-hybridized carbons (Fsp3) is 0.433. The summed E-state index contributed by atoms with van der Waals surface area (Å²) in [6.07, 6.45) is 5.46. The van der Waals surface area contributed by atoms with E-state index in [-0.39, 0.29) is 5.92 Å². The Balaban J connectivity index is 2.50. The molecule has 0 aliphatic carbocycles. The zero-order valence-electron chi connectivity index (χ0n) is 23.1. The molecular formula is C30H39N3O4. The third-order valence-electron chi connectivity index (χ3n) is 5.67. The lowest BCUT2D eigenvalue weighted by Crippen LogP contribution is -2.51. The summed E-state index contributed by atoms with van der Waals surface area (Å²) in [7, 11) is 0. The van der Waals surface area contributed by atoms with Gasteiger partial charge < -0.3 is 15.4 Å². The number of ether oxygens (including phenoxy) is 1. The van der Waals surface area contributed by atoms with Gasteiger partial charge in [0, 0.05) is 11.7 Å². The monoisotopic (exact) mass is 505 g/mol. The molecule has 2 rings (SSSR count). The van der Waals surface area contributed by atoms with Crippen molar-refractivity contribution < 1.29 is 19.1 Å². The Hall–Kier alpha value is -3.79. The molecule has 0 fully saturated rings. The maximum Gasteiger partial charge on any atom is 0.408 e. The molecule has 0 saturated carbocycles. The zero-order valence-corrected chi connectivity index (χ0v) is 23.1. The first-order chi connectivity index (χ1) is 17.2. The number of carbonyl (C=O) groups is 3. The normalized spacial score (nSPS) is 12.8. The van der Waals surface area contributed by atoms with Gasteiger partial charge in [-0.05, 0) is 70.6 Å². The van der Waals surface area contributed by atoms with Crippen LogP contribution in [0.1, 0.15) is 69.3 Å². The van der Waals surface area contributed by atoms with Gasteiger partial charge in [-0.2, -0.15) is 0 Å². The Bertz CT molecular complexity index is 1150. The molecule has 2 aromatic carbocycles. The van der Waals surface area contributed by atoms with E-state index in [9.17, 15) is 14.4 Å². The molecule has 0 bridgehead atoms. The van der Waals surface area contributed by atoms with Crippen LogP contribution < -0.4 is 10.6 Å². The van der Waals surface area contributed by atoms with Gasteiger partial charge in [0.15, 0.2) is 0 Å². The van der Waals surface area contributed by atoms with Crippen molar-refractivity contribution in [3.8, 4) is 12.5 Å². The van der Waals surface area contributed by atoms with E-state index < -0.39 is 35.6 Å². The largest absolute Gasteiger partial charge is 0.444 e. The van der Waals surface area contributed by atoms with Crippen molar-refractivity contribution in [2.24, 2.45) is 5.92 Å². The number of anilines is 1. The molecule has 0 heterocycles. The van der Waals surface area contributed by atoms with Crippen LogP contribution in [-0.2, 0) is 14.3 Å². The molecule has 2 atom stereocenters. The standard InChI is InChI=1S/C30H39N3O4/c1-10-33(28(35)24(17-19(2)3)31-29(36)37-30(7,8)9)26(23-16-11-13-20(4)18-23)27(34)32-25-21(5)14-12-15-22(25)6/h1,11-16,18-19,24,26H,17H2,2-9H3,(H,31,36)(H,32,34). The molecule has 2 unspecified atom stereocenters. The van der Waals surface area contributed by atoms with Crippen molar-refractivity contribution in [2.75, 3.05) is 5.32 Å². The highest BCUT2D eigenvalue weighted by atomic mass is 16.6. The smallest absolute Gasteiger partial charge is 0.408 e. The molecule has 0 saturated heterocycles. The summed E-state index contributed by atoms with van der Waals surface area (Å²) in [5.41, 5.74) is 3.18. The van der Waals surface area contributed by atoms with Gasteiger partial charge in [0.25, 0.3) is 11.8 Å². The summed E-state index contributed by atoms with van der Waals surface area (Å²) >= 11 is 0. The topological polar surface area (TPSA) is 87.7 Å². The molecule has 0 radical (unpaired) electrons. The summed E-state index contributed by atoms with van der Waals surface area (Å²) < 4.78 is 5.38. The zero-order chi connectivity index (χ0) is 27.9. The molecule has 3 amide bonds. The lowest BCUT2D eigenvalue weighted by molar-refractivity contribution is -0.137. The number of hydrogen-bond acceptors (Lipinski definition) is 4. The number of rotatable bonds is 8. The van der Waals surface area contributed by atoms with Crippen molar-refractivity contribution in [1.29, 1.82) is 0 Å². The summed E-state index contributed by atoms with van der Waals surface area (Å²) in [5.74, 6) is -0.954. The quantitative estimate of drug-likeness (QED) is 0.358. The molecule has 7 nitrogen and oxygen atoms in total. The van der Waals surface area contributed by atoms with Crippen LogP contribution in [-0.4, -0.2) is 34.5 Å². The second-order valence-electron chi connectivity index (χ2n) is 10.7. The van der Waals surface area contributed by atoms with Crippen molar-refractivity contribution in [2.45, 2.75) is 79.5 Å². The van der Waals surface area contributed by atoms with Crippen molar-refractivity contribution in [3.63, 3.8) is 0 Å². The molecule has 0 aromatic heterocycles. The van der Waals surface area contributed by atoms with Crippen molar-refractivity contribution in [3.05, 3.63) is 64.7 Å². The van der Waals surface area contributed by atoms with Crippen LogP contribution in [0.2, 0.25) is 0 Å². The summed E-state index contributed by atoms with van der Waals surface area (Å²) in [4.78, 5) is 41.2. The van der Waals surface area contributed by atoms with Gasteiger partial charge in [-0.15, -0.1) is 0 Å². The minimum absolute atomic E-state index is 0.0596. The summed E-state index contributed by atoms with van der Waals surface area (Å²) in [6.45, 7) is 14.8. The lowest BCUT2D eigenvalue weighted by Gasteiger charge is -2.31. The van der Waals surface area contributed by atoms with E-state index in [4.69, 9.17) is 11.2 Å². The van der Waals surface area contributed by atoms with Crippen LogP contribution in [0.15, 0.2) is 42.5 Å². The van der Waals surface area contributed by atoms with E-state index in [0.717, 1.165) is 21.6 Å². The maximum absolute atomic E-state index is 13.8. The van der Waals surface area contributed by atoms with Crippen molar-refractivity contribution >= 4 is 23.6 Å². The van der Waals surface area contributed by atoms with E-state index in [1.165, 1.54) is 0 Å². The SMILES string of the molecule is C#CN(C(=O)C(CC(C)C)NC(=O)OC(C)(C)C)C(C(=O)Nc1c(C)cccc1C)c1cccc(C)c1. The van der Waals surface area contributed by atoms with Crippen LogP contribution in [0.3, 0.4) is 0 Å². The number of nitrogens with zero attached hydrogens (tertiary/aromatic N) is 1. The van der Waals surface area contributed by atoms with Gasteiger partial charge in [0.05, 0.1) is 0 Å². The first kappa shape index (κ1) is 29.4. The highest BCUT2D eigenvalue weighted by Gasteiger charge is 2.36. The Morgan fingerprint density at radius 3 is 2.14 bits per heavy atom. The average molecular weight is 506 g/mol. The Labute approximate surface area is 221 Å². The first-order valence-corrected chi connectivity index (χ1v) is 12.5. The Morgan fingerprint density at radius 2 is 1.62 bits per heavy atom. The third-order valence-corrected chi connectivity index (χ3v) is 5.67. The minimum Gasteiger partial charge on any atom is -0.444 e. The number of aryl methyl sites for hydroxylation is 3. The predicted molar refractivity (Wildman–Crippen MR) is 147 cm³/mol. The molecule has 7 heteroatoms. The van der Waals surface area contributed by atoms with E-state index in [1.54, 1.807) is 26.8 Å². The van der Waals surface area contributed by atoms with Crippen molar-refractivity contribution in [1.82, 2.24) is 10.2 Å². The summed E-state index contributed by atoms with van der Waals surface area (Å²) in [5, 5.41) is 5.64. The third kappa shape index (κ3) is 8.38. The van der Waals surface area contributed by atoms with Crippen LogP contribution in [0.25, 0.3) is 0 Å². The van der Waals surface area contributed by atoms with E-state index in [0.29, 0.717) is 17.7 Å². The maximum atomic E-state index is 13.8. The number of para-hydroxylation sites is 1. The Kier molecular flexibility index (Phi) is 9.90. The molecule has 0 aliphatic heterocycles. The van der Waals surface area contributed by atoms with E-state index in [1.807, 2.05) is 71.0 Å². The minimum atomic E-state index is -1.12. The summed E-state index contributed by atoms with van der Waals surface area (Å²) in [6, 6.07) is 13.3. The molecule has 2 aromatic rings. The number of benzene rings is 2. The average Bonchev–Trinajstić information content (AvgIpc) is 2.77. The molecular weight excluding hydrogens is 466 g/mol. The molecule has 0 spiro atoms. The second kappa shape index (κ2) is 12.4. The molecule has 198 valence electrons. The van der Waals surface area contributed by atoms with Gasteiger partial charge in [0.1, 0.15) is 17.7 Å². The number of amides is 3. The van der Waals surface area contributed by atoms with Crippen LogP contribution >= 0.6 is 0 Å². The van der Waals surface area contributed by atoms with Gasteiger partial charge in [-0.3, -0.25) is 14.5 Å². The number of alkyl carbamates (subject to hydrolysis) is 1. The highest BCUT2D eigenvalue weighted by Crippen LogP contribution is 2.27. The van der Waals surface area contributed by atoms with Crippen LogP contribution in [0.5, 0.6) is 0 Å². The number of nitrogens with one attached hydrogen (secondary N) is 2.